The van der Waals surface area contributed by atoms with E-state index in [0.29, 0.717) is 5.76 Å². The molecular formula is C10H13IO3. The number of hydrogen-bond donors (Lipinski definition) is 0. The molecule has 0 radical (unpaired) electrons. The average Bonchev–Trinajstić information content (AvgIpc) is 2.18. The number of carbonyl (C=O) groups excluding carboxylic acids is 1. The van der Waals surface area contributed by atoms with Crippen LogP contribution in [-0.4, -0.2) is 19.2 Å². The third-order valence-electron chi connectivity index (χ3n) is 2.18. The van der Waals surface area contributed by atoms with Gasteiger partial charge in [-0.25, -0.2) is 4.79 Å². The molecular weight excluding hydrogens is 295 g/mol. The first kappa shape index (κ1) is 11.6. The van der Waals surface area contributed by atoms with Gasteiger partial charge < -0.3 is 9.47 Å². The SMILES string of the molecule is COC1=CC[C@@H]([C@@H](C)C=CI)OC1=O. The topological polar surface area (TPSA) is 35.5 Å². The third-order valence-corrected chi connectivity index (χ3v) is 2.59. The van der Waals surface area contributed by atoms with Crippen LogP contribution < -0.4 is 0 Å². The summed E-state index contributed by atoms with van der Waals surface area (Å²) in [7, 11) is 1.47. The first-order valence-corrected chi connectivity index (χ1v) is 5.65. The van der Waals surface area contributed by atoms with Crippen LogP contribution in [-0.2, 0) is 14.3 Å². The average molecular weight is 308 g/mol. The van der Waals surface area contributed by atoms with Crippen LogP contribution in [0.2, 0.25) is 0 Å². The lowest BCUT2D eigenvalue weighted by Crippen LogP contribution is -2.28. The van der Waals surface area contributed by atoms with Crippen molar-refractivity contribution in [1.82, 2.24) is 0 Å². The van der Waals surface area contributed by atoms with Gasteiger partial charge in [0.25, 0.3) is 0 Å². The summed E-state index contributed by atoms with van der Waals surface area (Å²) in [6, 6.07) is 0. The van der Waals surface area contributed by atoms with E-state index < -0.39 is 0 Å². The van der Waals surface area contributed by atoms with Crippen molar-refractivity contribution in [1.29, 1.82) is 0 Å². The van der Waals surface area contributed by atoms with Crippen LogP contribution in [0.25, 0.3) is 0 Å². The Labute approximate surface area is 97.3 Å². The van der Waals surface area contributed by atoms with Gasteiger partial charge in [-0.1, -0.05) is 35.6 Å². The van der Waals surface area contributed by atoms with Gasteiger partial charge in [0.15, 0.2) is 5.76 Å². The highest BCUT2D eigenvalue weighted by atomic mass is 127. The van der Waals surface area contributed by atoms with Gasteiger partial charge in [0.05, 0.1) is 7.11 Å². The van der Waals surface area contributed by atoms with Crippen molar-refractivity contribution in [3.63, 3.8) is 0 Å². The number of halogens is 1. The summed E-state index contributed by atoms with van der Waals surface area (Å²) < 4.78 is 12.0. The summed E-state index contributed by atoms with van der Waals surface area (Å²) in [5, 5.41) is 0. The molecule has 1 rings (SSSR count). The molecule has 0 aromatic carbocycles. The van der Waals surface area contributed by atoms with Crippen molar-refractivity contribution >= 4 is 28.6 Å². The van der Waals surface area contributed by atoms with Gasteiger partial charge >= 0.3 is 5.97 Å². The molecule has 0 N–H and O–H groups in total. The van der Waals surface area contributed by atoms with Gasteiger partial charge in [0, 0.05) is 12.3 Å². The summed E-state index contributed by atoms with van der Waals surface area (Å²) in [5.41, 5.74) is 0. The molecule has 0 saturated heterocycles. The maximum absolute atomic E-state index is 11.3. The van der Waals surface area contributed by atoms with E-state index in [9.17, 15) is 4.79 Å². The van der Waals surface area contributed by atoms with Gasteiger partial charge in [-0.15, -0.1) is 0 Å². The molecule has 0 fully saturated rings. The Hall–Kier alpha value is -0.520. The van der Waals surface area contributed by atoms with E-state index in [2.05, 4.69) is 22.6 Å². The Bertz CT molecular complexity index is 271. The standard InChI is InChI=1S/C10H13IO3/c1-7(5-6-11)8-3-4-9(13-2)10(12)14-8/h4-8H,3H2,1-2H3/t7-,8-/m0/s1. The van der Waals surface area contributed by atoms with E-state index in [1.165, 1.54) is 7.11 Å². The van der Waals surface area contributed by atoms with Crippen molar-refractivity contribution < 1.29 is 14.3 Å². The Morgan fingerprint density at radius 2 is 2.50 bits per heavy atom. The number of ether oxygens (including phenoxy) is 2. The van der Waals surface area contributed by atoms with E-state index in [-0.39, 0.29) is 18.0 Å². The second-order valence-corrected chi connectivity index (χ2v) is 3.85. The second kappa shape index (κ2) is 5.38. The Kier molecular flexibility index (Phi) is 4.44. The number of rotatable bonds is 3. The van der Waals surface area contributed by atoms with Gasteiger partial charge in [0.1, 0.15) is 6.10 Å². The molecule has 0 amide bonds. The lowest BCUT2D eigenvalue weighted by Gasteiger charge is -2.24. The van der Waals surface area contributed by atoms with Crippen molar-refractivity contribution in [3.05, 3.63) is 22.0 Å². The quantitative estimate of drug-likeness (QED) is 0.593. The molecule has 1 aliphatic rings. The number of carbonyl (C=O) groups is 1. The normalized spacial score (nSPS) is 24.4. The minimum absolute atomic E-state index is 0.0626. The highest BCUT2D eigenvalue weighted by molar-refractivity contribution is 14.1. The molecule has 78 valence electrons. The summed E-state index contributed by atoms with van der Waals surface area (Å²) in [6.07, 6.45) is 4.46. The van der Waals surface area contributed by atoms with Crippen LogP contribution >= 0.6 is 22.6 Å². The molecule has 3 nitrogen and oxygen atoms in total. The van der Waals surface area contributed by atoms with E-state index in [1.54, 1.807) is 6.08 Å². The Morgan fingerprint density at radius 1 is 1.79 bits per heavy atom. The fraction of sp³-hybridized carbons (Fsp3) is 0.500. The second-order valence-electron chi connectivity index (χ2n) is 3.13. The van der Waals surface area contributed by atoms with E-state index in [4.69, 9.17) is 9.47 Å². The van der Waals surface area contributed by atoms with Crippen LogP contribution in [0.1, 0.15) is 13.3 Å². The third kappa shape index (κ3) is 2.73. The van der Waals surface area contributed by atoms with Gasteiger partial charge in [-0.05, 0) is 10.2 Å². The fourth-order valence-electron chi connectivity index (χ4n) is 1.28. The molecule has 0 aromatic rings. The van der Waals surface area contributed by atoms with Crippen molar-refractivity contribution in [2.24, 2.45) is 5.92 Å². The number of methoxy groups -OCH3 is 1. The summed E-state index contributed by atoms with van der Waals surface area (Å²) in [5.74, 6) is 0.190. The molecule has 14 heavy (non-hydrogen) atoms. The minimum Gasteiger partial charge on any atom is -0.490 e. The minimum atomic E-state index is -0.363. The van der Waals surface area contributed by atoms with Crippen LogP contribution in [0.5, 0.6) is 0 Å². The molecule has 0 unspecified atom stereocenters. The predicted molar refractivity (Wildman–Crippen MR) is 61.9 cm³/mol. The van der Waals surface area contributed by atoms with Gasteiger partial charge in [0.2, 0.25) is 0 Å². The lowest BCUT2D eigenvalue weighted by molar-refractivity contribution is -0.151. The van der Waals surface area contributed by atoms with Crippen molar-refractivity contribution in [3.8, 4) is 0 Å². The van der Waals surface area contributed by atoms with Crippen LogP contribution in [0.15, 0.2) is 22.0 Å². The summed E-state index contributed by atoms with van der Waals surface area (Å²) in [6.45, 7) is 2.03. The molecule has 0 spiro atoms. The maximum atomic E-state index is 11.3. The smallest absolute Gasteiger partial charge is 0.373 e. The van der Waals surface area contributed by atoms with E-state index in [0.717, 1.165) is 6.42 Å². The van der Waals surface area contributed by atoms with Gasteiger partial charge in [-0.3, -0.25) is 0 Å². The zero-order chi connectivity index (χ0) is 10.6. The fourth-order valence-corrected chi connectivity index (χ4v) is 1.93. The molecule has 0 bridgehead atoms. The first-order valence-electron chi connectivity index (χ1n) is 4.41. The first-order chi connectivity index (χ1) is 6.69. The number of cyclic esters (lactones) is 1. The van der Waals surface area contributed by atoms with E-state index in [1.807, 2.05) is 17.1 Å². The zero-order valence-electron chi connectivity index (χ0n) is 8.20. The van der Waals surface area contributed by atoms with Gasteiger partial charge in [-0.2, -0.15) is 0 Å². The maximum Gasteiger partial charge on any atom is 0.373 e. The Morgan fingerprint density at radius 3 is 3.00 bits per heavy atom. The number of hydrogen-bond acceptors (Lipinski definition) is 3. The number of esters is 1. The predicted octanol–water partition coefficient (Wildman–Crippen LogP) is 2.42. The van der Waals surface area contributed by atoms with Crippen LogP contribution in [0, 0.1) is 5.92 Å². The monoisotopic (exact) mass is 308 g/mol. The molecule has 0 aliphatic carbocycles. The molecule has 2 atom stereocenters. The summed E-state index contributed by atoms with van der Waals surface area (Å²) in [4.78, 5) is 11.3. The molecule has 4 heteroatoms. The molecule has 0 saturated carbocycles. The largest absolute Gasteiger partial charge is 0.490 e. The Balaban J connectivity index is 2.63. The lowest BCUT2D eigenvalue weighted by atomic mass is 10.0. The molecule has 1 aliphatic heterocycles. The van der Waals surface area contributed by atoms with Crippen LogP contribution in [0.3, 0.4) is 0 Å². The van der Waals surface area contributed by atoms with Crippen molar-refractivity contribution in [2.75, 3.05) is 7.11 Å². The highest BCUT2D eigenvalue weighted by Gasteiger charge is 2.26. The summed E-state index contributed by atoms with van der Waals surface area (Å²) >= 11 is 2.15. The van der Waals surface area contributed by atoms with Crippen molar-refractivity contribution in [2.45, 2.75) is 19.4 Å². The molecule has 1 heterocycles. The zero-order valence-corrected chi connectivity index (χ0v) is 10.4. The highest BCUT2D eigenvalue weighted by Crippen LogP contribution is 2.21. The van der Waals surface area contributed by atoms with E-state index >= 15 is 0 Å². The molecule has 0 aromatic heterocycles. The van der Waals surface area contributed by atoms with Crippen LogP contribution in [0.4, 0.5) is 0 Å².